The molecular weight excluding hydrogens is 481 g/mol. The van der Waals surface area contributed by atoms with Crippen LogP contribution < -0.4 is 16.1 Å². The van der Waals surface area contributed by atoms with Gasteiger partial charge in [0, 0.05) is 34.6 Å². The zero-order valence-corrected chi connectivity index (χ0v) is 21.4. The van der Waals surface area contributed by atoms with E-state index in [1.54, 1.807) is 23.5 Å². The van der Waals surface area contributed by atoms with E-state index < -0.39 is 0 Å². The molecule has 0 aliphatic carbocycles. The van der Waals surface area contributed by atoms with E-state index in [2.05, 4.69) is 33.3 Å². The lowest BCUT2D eigenvalue weighted by atomic mass is 10.0. The van der Waals surface area contributed by atoms with Gasteiger partial charge in [-0.1, -0.05) is 49.0 Å². The van der Waals surface area contributed by atoms with Gasteiger partial charge >= 0.3 is 6.03 Å². The number of nitrogens with one attached hydrogen (secondary N) is 3. The Morgan fingerprint density at radius 3 is 2.84 bits per heavy atom. The summed E-state index contributed by atoms with van der Waals surface area (Å²) < 4.78 is 0.936. The number of carbonyl (C=O) groups is 2. The van der Waals surface area contributed by atoms with Gasteiger partial charge in [-0.15, -0.1) is 23.5 Å². The number of urea groups is 1. The summed E-state index contributed by atoms with van der Waals surface area (Å²) in [6.07, 6.45) is 4.09. The normalized spacial score (nSPS) is 22.2. The van der Waals surface area contributed by atoms with Crippen LogP contribution in [0.1, 0.15) is 44.6 Å². The van der Waals surface area contributed by atoms with Crippen molar-refractivity contribution in [2.24, 2.45) is 5.10 Å². The minimum absolute atomic E-state index is 0.0428. The van der Waals surface area contributed by atoms with Gasteiger partial charge in [0.05, 0.1) is 12.1 Å². The fourth-order valence-corrected chi connectivity index (χ4v) is 7.36. The number of benzene rings is 1. The SMILES string of the molecule is C/C(CCSC(=S)SCc1ccccc1)=N\NC(=O)CCCC[C@@H]1SC[C@@H]2NC(=O)N[C@@H]21. The molecular formula is C22H30N4O2S4. The van der Waals surface area contributed by atoms with Crippen LogP contribution in [0.2, 0.25) is 0 Å². The van der Waals surface area contributed by atoms with Gasteiger partial charge in [-0.3, -0.25) is 4.79 Å². The van der Waals surface area contributed by atoms with E-state index in [0.717, 1.165) is 52.2 Å². The number of fused-ring (bicyclic) bond motifs is 1. The molecule has 2 aliphatic rings. The topological polar surface area (TPSA) is 82.6 Å². The first-order valence-electron chi connectivity index (χ1n) is 10.9. The highest BCUT2D eigenvalue weighted by molar-refractivity contribution is 8.46. The predicted molar refractivity (Wildman–Crippen MR) is 143 cm³/mol. The number of hydrogen-bond acceptors (Lipinski definition) is 7. The summed E-state index contributed by atoms with van der Waals surface area (Å²) in [6, 6.07) is 10.7. The third kappa shape index (κ3) is 8.61. The number of hydrogen-bond donors (Lipinski definition) is 3. The molecule has 2 saturated heterocycles. The van der Waals surface area contributed by atoms with E-state index in [4.69, 9.17) is 12.2 Å². The maximum Gasteiger partial charge on any atom is 0.315 e. The first kappa shape index (κ1) is 25.4. The van der Waals surface area contributed by atoms with Crippen molar-refractivity contribution in [1.82, 2.24) is 16.1 Å². The Labute approximate surface area is 208 Å². The first-order chi connectivity index (χ1) is 15.5. The molecule has 2 aliphatic heterocycles. The van der Waals surface area contributed by atoms with Crippen molar-refractivity contribution in [3.05, 3.63) is 35.9 Å². The average Bonchev–Trinajstić information content (AvgIpc) is 3.34. The lowest BCUT2D eigenvalue weighted by Gasteiger charge is -2.16. The molecule has 174 valence electrons. The molecule has 0 radical (unpaired) electrons. The molecule has 0 saturated carbocycles. The van der Waals surface area contributed by atoms with E-state index in [1.165, 1.54) is 5.56 Å². The predicted octanol–water partition coefficient (Wildman–Crippen LogP) is 4.55. The summed E-state index contributed by atoms with van der Waals surface area (Å²) >= 11 is 10.7. The van der Waals surface area contributed by atoms with Crippen LogP contribution in [0.25, 0.3) is 0 Å². The molecule has 10 heteroatoms. The zero-order valence-electron chi connectivity index (χ0n) is 18.2. The Bertz CT molecular complexity index is 821. The highest BCUT2D eigenvalue weighted by Crippen LogP contribution is 2.33. The highest BCUT2D eigenvalue weighted by atomic mass is 32.2. The molecule has 0 bridgehead atoms. The van der Waals surface area contributed by atoms with E-state index in [9.17, 15) is 9.59 Å². The number of nitrogens with zero attached hydrogens (tertiary/aromatic N) is 1. The summed E-state index contributed by atoms with van der Waals surface area (Å²) in [5, 5.41) is 10.6. The zero-order chi connectivity index (χ0) is 22.8. The van der Waals surface area contributed by atoms with Crippen LogP contribution in [0.15, 0.2) is 35.4 Å². The molecule has 1 aromatic carbocycles. The first-order valence-corrected chi connectivity index (χ1v) is 14.3. The van der Waals surface area contributed by atoms with Crippen molar-refractivity contribution in [1.29, 1.82) is 0 Å². The molecule has 2 heterocycles. The van der Waals surface area contributed by atoms with Gasteiger partial charge in [0.1, 0.15) is 3.53 Å². The Hall–Kier alpha value is -1.23. The highest BCUT2D eigenvalue weighted by Gasteiger charge is 2.42. The lowest BCUT2D eigenvalue weighted by molar-refractivity contribution is -0.121. The Balaban J connectivity index is 1.21. The molecule has 3 amide bonds. The molecule has 3 N–H and O–H groups in total. The molecule has 0 spiro atoms. The van der Waals surface area contributed by atoms with Crippen molar-refractivity contribution >= 4 is 68.7 Å². The van der Waals surface area contributed by atoms with E-state index in [0.29, 0.717) is 11.7 Å². The summed E-state index contributed by atoms with van der Waals surface area (Å²) in [4.78, 5) is 23.5. The van der Waals surface area contributed by atoms with Crippen molar-refractivity contribution < 1.29 is 9.59 Å². The molecule has 2 fully saturated rings. The van der Waals surface area contributed by atoms with Gasteiger partial charge in [-0.2, -0.15) is 16.9 Å². The smallest absolute Gasteiger partial charge is 0.315 e. The average molecular weight is 511 g/mol. The van der Waals surface area contributed by atoms with Gasteiger partial charge in [-0.25, -0.2) is 10.2 Å². The Morgan fingerprint density at radius 1 is 1.22 bits per heavy atom. The number of thioether (sulfide) groups is 3. The number of thiocarbonyl (C=S) groups is 1. The second kappa shape index (κ2) is 13.5. The molecule has 3 atom stereocenters. The van der Waals surface area contributed by atoms with Crippen LogP contribution in [0.3, 0.4) is 0 Å². The maximum absolute atomic E-state index is 12.1. The van der Waals surface area contributed by atoms with Crippen LogP contribution in [0.5, 0.6) is 0 Å². The third-order valence-corrected chi connectivity index (χ3v) is 9.62. The summed E-state index contributed by atoms with van der Waals surface area (Å²) in [7, 11) is 0. The van der Waals surface area contributed by atoms with Gasteiger partial charge < -0.3 is 10.6 Å². The molecule has 1 aromatic rings. The second-order valence-electron chi connectivity index (χ2n) is 7.87. The summed E-state index contributed by atoms with van der Waals surface area (Å²) in [5.41, 5.74) is 4.84. The molecule has 3 rings (SSSR count). The summed E-state index contributed by atoms with van der Waals surface area (Å²) in [5.74, 6) is 2.68. The maximum atomic E-state index is 12.1. The number of rotatable bonds is 11. The third-order valence-electron chi connectivity index (χ3n) is 5.34. The fourth-order valence-electron chi connectivity index (χ4n) is 3.58. The van der Waals surface area contributed by atoms with Crippen LogP contribution in [0.4, 0.5) is 4.79 Å². The standard InChI is InChI=1S/C22H30N4O2S4/c1-15(11-12-30-22(29)32-13-16-7-3-2-4-8-16)25-26-19(27)10-6-5-9-18-20-17(14-31-18)23-21(28)24-20/h2-4,7-8,17-18,20H,5-6,9-14H2,1H3,(H,26,27)(H2,23,24,28)/b25-15+/t17-,18-,20-/m0/s1. The largest absolute Gasteiger partial charge is 0.332 e. The van der Waals surface area contributed by atoms with Gasteiger partial charge in [0.2, 0.25) is 5.91 Å². The Morgan fingerprint density at radius 2 is 2.03 bits per heavy atom. The number of hydrazone groups is 1. The number of unbranched alkanes of at least 4 members (excludes halogenated alkanes) is 1. The van der Waals surface area contributed by atoms with Crippen LogP contribution >= 0.6 is 47.5 Å². The van der Waals surface area contributed by atoms with Gasteiger partial charge in [0.15, 0.2) is 0 Å². The van der Waals surface area contributed by atoms with E-state index >= 15 is 0 Å². The monoisotopic (exact) mass is 510 g/mol. The minimum atomic E-state index is -0.0518. The Kier molecular flexibility index (Phi) is 10.7. The quantitative estimate of drug-likeness (QED) is 0.133. The van der Waals surface area contributed by atoms with Gasteiger partial charge in [-0.05, 0) is 31.7 Å². The van der Waals surface area contributed by atoms with Crippen LogP contribution in [-0.2, 0) is 10.5 Å². The van der Waals surface area contributed by atoms with Gasteiger partial charge in [0.25, 0.3) is 0 Å². The van der Waals surface area contributed by atoms with Crippen molar-refractivity contribution in [3.8, 4) is 0 Å². The van der Waals surface area contributed by atoms with Crippen LogP contribution in [0, 0.1) is 0 Å². The second-order valence-corrected chi connectivity index (χ2v) is 12.4. The number of carbonyl (C=O) groups excluding carboxylic acids is 2. The fraction of sp³-hybridized carbons (Fsp3) is 0.545. The van der Waals surface area contributed by atoms with Crippen molar-refractivity contribution in [2.45, 2.75) is 62.1 Å². The molecule has 0 aromatic heterocycles. The molecule has 6 nitrogen and oxygen atoms in total. The molecule has 32 heavy (non-hydrogen) atoms. The number of amides is 3. The van der Waals surface area contributed by atoms with E-state index in [-0.39, 0.29) is 24.0 Å². The van der Waals surface area contributed by atoms with Crippen LogP contribution in [-0.4, -0.2) is 50.0 Å². The summed E-state index contributed by atoms with van der Waals surface area (Å²) in [6.45, 7) is 1.93. The lowest BCUT2D eigenvalue weighted by Crippen LogP contribution is -2.36. The molecule has 0 unspecified atom stereocenters. The van der Waals surface area contributed by atoms with Crippen molar-refractivity contribution in [2.75, 3.05) is 11.5 Å². The minimum Gasteiger partial charge on any atom is -0.332 e. The van der Waals surface area contributed by atoms with E-state index in [1.807, 2.05) is 36.9 Å². The van der Waals surface area contributed by atoms with Crippen molar-refractivity contribution in [3.63, 3.8) is 0 Å².